The molecule has 0 aromatic heterocycles. The summed E-state index contributed by atoms with van der Waals surface area (Å²) >= 11 is 0. The molecule has 2 aromatic carbocycles. The van der Waals surface area contributed by atoms with Gasteiger partial charge in [-0.3, -0.25) is 4.79 Å². The number of rotatable bonds is 6. The lowest BCUT2D eigenvalue weighted by molar-refractivity contribution is -0.138. The molecule has 1 N–H and O–H groups in total. The number of hydrogen-bond donors (Lipinski definition) is 1. The van der Waals surface area contributed by atoms with Gasteiger partial charge in [-0.25, -0.2) is 0 Å². The van der Waals surface area contributed by atoms with E-state index < -0.39 is 0 Å². The van der Waals surface area contributed by atoms with E-state index in [-0.39, 0.29) is 11.2 Å². The molecule has 0 atom stereocenters. The molecule has 0 aliphatic carbocycles. The Kier molecular flexibility index (Phi) is 5.67. The molecule has 2 heterocycles. The van der Waals surface area contributed by atoms with Crippen molar-refractivity contribution in [3.8, 4) is 5.75 Å². The summed E-state index contributed by atoms with van der Waals surface area (Å²) in [7, 11) is 0. The summed E-state index contributed by atoms with van der Waals surface area (Å²) in [4.78, 5) is 17.7. The highest BCUT2D eigenvalue weighted by atomic mass is 16.3. The molecule has 2 saturated heterocycles. The number of aryl methyl sites for hydroxylation is 1. The third kappa shape index (κ3) is 4.22. The molecule has 0 saturated carbocycles. The van der Waals surface area contributed by atoms with Crippen molar-refractivity contribution in [1.29, 1.82) is 0 Å². The van der Waals surface area contributed by atoms with E-state index in [0.29, 0.717) is 12.5 Å². The molecule has 2 aromatic rings. The van der Waals surface area contributed by atoms with E-state index in [1.165, 1.54) is 12.0 Å². The van der Waals surface area contributed by atoms with Crippen molar-refractivity contribution in [2.45, 2.75) is 38.6 Å². The molecule has 2 aliphatic rings. The Morgan fingerprint density at radius 1 is 0.857 bits per heavy atom. The Balaban J connectivity index is 1.25. The Morgan fingerprint density at radius 3 is 2.25 bits per heavy atom. The zero-order valence-electron chi connectivity index (χ0n) is 16.5. The summed E-state index contributed by atoms with van der Waals surface area (Å²) in [5, 5.41) is 9.43. The highest BCUT2D eigenvalue weighted by molar-refractivity contribution is 5.85. The highest BCUT2D eigenvalue weighted by Gasteiger charge is 2.47. The van der Waals surface area contributed by atoms with Crippen LogP contribution in [0.3, 0.4) is 0 Å². The van der Waals surface area contributed by atoms with E-state index in [2.05, 4.69) is 35.2 Å². The lowest BCUT2D eigenvalue weighted by Gasteiger charge is -2.38. The first-order valence-electron chi connectivity index (χ1n) is 10.5. The fourth-order valence-electron chi connectivity index (χ4n) is 4.69. The van der Waals surface area contributed by atoms with Gasteiger partial charge in [0.05, 0.1) is 5.41 Å². The molecule has 28 heavy (non-hydrogen) atoms. The molecule has 4 heteroatoms. The molecule has 0 unspecified atom stereocenters. The smallest absolute Gasteiger partial charge is 0.229 e. The number of phenols is 1. The van der Waals surface area contributed by atoms with E-state index >= 15 is 0 Å². The molecule has 1 amide bonds. The van der Waals surface area contributed by atoms with Crippen LogP contribution in [0.2, 0.25) is 0 Å². The van der Waals surface area contributed by atoms with E-state index in [0.717, 1.165) is 57.4 Å². The minimum atomic E-state index is -0.132. The Labute approximate surface area is 167 Å². The van der Waals surface area contributed by atoms with Crippen LogP contribution in [0, 0.1) is 5.41 Å². The van der Waals surface area contributed by atoms with E-state index in [1.807, 2.05) is 17.0 Å². The maximum atomic E-state index is 13.1. The van der Waals surface area contributed by atoms with Crippen LogP contribution in [-0.4, -0.2) is 47.0 Å². The number of aromatic hydroxyl groups is 1. The number of likely N-dealkylation sites (tertiary alicyclic amines) is 2. The van der Waals surface area contributed by atoms with Gasteiger partial charge in [-0.15, -0.1) is 0 Å². The van der Waals surface area contributed by atoms with Crippen LogP contribution >= 0.6 is 0 Å². The van der Waals surface area contributed by atoms with Crippen molar-refractivity contribution in [3.05, 3.63) is 65.7 Å². The molecule has 2 fully saturated rings. The predicted molar refractivity (Wildman–Crippen MR) is 111 cm³/mol. The summed E-state index contributed by atoms with van der Waals surface area (Å²) in [5.41, 5.74) is 2.36. The third-order valence-corrected chi connectivity index (χ3v) is 6.51. The number of carbonyl (C=O) groups is 1. The van der Waals surface area contributed by atoms with Gasteiger partial charge in [0.15, 0.2) is 0 Å². The number of carbonyl (C=O) groups excluding carboxylic acids is 1. The van der Waals surface area contributed by atoms with Crippen LogP contribution < -0.4 is 0 Å². The molecular weight excluding hydrogens is 348 g/mol. The first-order chi connectivity index (χ1) is 13.6. The summed E-state index contributed by atoms with van der Waals surface area (Å²) in [6.07, 6.45) is 5.27. The van der Waals surface area contributed by atoms with Gasteiger partial charge in [0.1, 0.15) is 5.75 Å². The quantitative estimate of drug-likeness (QED) is 0.831. The summed E-state index contributed by atoms with van der Waals surface area (Å²) < 4.78 is 0. The average molecular weight is 379 g/mol. The van der Waals surface area contributed by atoms with E-state index in [4.69, 9.17) is 0 Å². The maximum absolute atomic E-state index is 13.1. The second-order valence-corrected chi connectivity index (χ2v) is 8.35. The van der Waals surface area contributed by atoms with Crippen molar-refractivity contribution >= 4 is 5.91 Å². The van der Waals surface area contributed by atoms with Crippen LogP contribution in [0.15, 0.2) is 54.6 Å². The van der Waals surface area contributed by atoms with Crippen LogP contribution in [-0.2, 0) is 17.8 Å². The second-order valence-electron chi connectivity index (χ2n) is 8.35. The molecule has 0 bridgehead atoms. The summed E-state index contributed by atoms with van der Waals surface area (Å²) in [6.45, 7) is 4.70. The Hall–Kier alpha value is -2.33. The maximum Gasteiger partial charge on any atom is 0.229 e. The van der Waals surface area contributed by atoms with Crippen molar-refractivity contribution < 1.29 is 9.90 Å². The van der Waals surface area contributed by atoms with Gasteiger partial charge in [-0.1, -0.05) is 42.5 Å². The number of piperidine rings is 1. The van der Waals surface area contributed by atoms with Crippen LogP contribution in [0.4, 0.5) is 0 Å². The van der Waals surface area contributed by atoms with Crippen LogP contribution in [0.25, 0.3) is 0 Å². The van der Waals surface area contributed by atoms with Crippen LogP contribution in [0.1, 0.15) is 36.8 Å². The SMILES string of the molecule is O=C1N(Cc2ccc(O)cc2)CCC12CCN(CCCc1ccccc1)CC2. The third-order valence-electron chi connectivity index (χ3n) is 6.51. The number of phenolic OH excluding ortho intramolecular Hbond substituents is 1. The number of amides is 1. The number of nitrogens with zero attached hydrogens (tertiary/aromatic N) is 2. The largest absolute Gasteiger partial charge is 0.508 e. The van der Waals surface area contributed by atoms with Gasteiger partial charge < -0.3 is 14.9 Å². The number of benzene rings is 2. The molecule has 1 spiro atoms. The molecule has 4 nitrogen and oxygen atoms in total. The second kappa shape index (κ2) is 8.36. The Bertz CT molecular complexity index is 780. The van der Waals surface area contributed by atoms with E-state index in [1.54, 1.807) is 12.1 Å². The van der Waals surface area contributed by atoms with Gasteiger partial charge in [-0.05, 0) is 75.0 Å². The first kappa shape index (κ1) is 19.0. The monoisotopic (exact) mass is 378 g/mol. The molecule has 0 radical (unpaired) electrons. The van der Waals surface area contributed by atoms with Crippen molar-refractivity contribution in [3.63, 3.8) is 0 Å². The first-order valence-corrected chi connectivity index (χ1v) is 10.5. The lowest BCUT2D eigenvalue weighted by Crippen LogP contribution is -2.44. The zero-order chi connectivity index (χ0) is 19.4. The number of hydrogen-bond acceptors (Lipinski definition) is 3. The Morgan fingerprint density at radius 2 is 1.54 bits per heavy atom. The van der Waals surface area contributed by atoms with Gasteiger partial charge in [0, 0.05) is 13.1 Å². The van der Waals surface area contributed by atoms with Gasteiger partial charge in [0.2, 0.25) is 5.91 Å². The zero-order valence-corrected chi connectivity index (χ0v) is 16.5. The highest BCUT2D eigenvalue weighted by Crippen LogP contribution is 2.42. The van der Waals surface area contributed by atoms with Crippen molar-refractivity contribution in [1.82, 2.24) is 9.80 Å². The van der Waals surface area contributed by atoms with Crippen molar-refractivity contribution in [2.24, 2.45) is 5.41 Å². The minimum absolute atomic E-state index is 0.132. The molecule has 148 valence electrons. The van der Waals surface area contributed by atoms with Gasteiger partial charge in [0.25, 0.3) is 0 Å². The predicted octanol–water partition coefficient (Wildman–Crippen LogP) is 3.84. The fraction of sp³-hybridized carbons (Fsp3) is 0.458. The van der Waals surface area contributed by atoms with Gasteiger partial charge >= 0.3 is 0 Å². The fourth-order valence-corrected chi connectivity index (χ4v) is 4.69. The topological polar surface area (TPSA) is 43.8 Å². The standard InChI is InChI=1S/C24H30N2O2/c27-22-10-8-21(9-11-22)19-26-18-14-24(23(26)28)12-16-25(17-13-24)15-4-7-20-5-2-1-3-6-20/h1-3,5-6,8-11,27H,4,7,12-19H2. The van der Waals surface area contributed by atoms with Gasteiger partial charge in [-0.2, -0.15) is 0 Å². The minimum Gasteiger partial charge on any atom is -0.508 e. The van der Waals surface area contributed by atoms with Crippen molar-refractivity contribution in [2.75, 3.05) is 26.2 Å². The normalized spacial score (nSPS) is 19.4. The molecular formula is C24H30N2O2. The van der Waals surface area contributed by atoms with Crippen LogP contribution in [0.5, 0.6) is 5.75 Å². The lowest BCUT2D eigenvalue weighted by atomic mass is 9.77. The summed E-state index contributed by atoms with van der Waals surface area (Å²) in [6, 6.07) is 17.9. The molecule has 2 aliphatic heterocycles. The molecule has 4 rings (SSSR count). The average Bonchev–Trinajstić information content (AvgIpc) is 3.02. The van der Waals surface area contributed by atoms with E-state index in [9.17, 15) is 9.90 Å². The summed E-state index contributed by atoms with van der Waals surface area (Å²) in [5.74, 6) is 0.608.